The molecule has 2 amide bonds. The fourth-order valence-electron chi connectivity index (χ4n) is 4.96. The second kappa shape index (κ2) is 8.85. The van der Waals surface area contributed by atoms with Gasteiger partial charge in [0, 0.05) is 36.8 Å². The van der Waals surface area contributed by atoms with E-state index in [0.717, 1.165) is 32.4 Å². The third kappa shape index (κ3) is 3.97. The average Bonchev–Trinajstić information content (AvgIpc) is 2.87. The number of nitrogens with zero attached hydrogens (tertiary/aromatic N) is 2. The van der Waals surface area contributed by atoms with Gasteiger partial charge in [-0.15, -0.1) is 0 Å². The SMILES string of the molecule is Cc1cc(C(=O)Nc2ccccc2C(=O)N2CCCCC2)cc2c1N(C)S(=O)(=O)c1ccccc1-2. The number of piperidine rings is 1. The average molecular weight is 490 g/mol. The molecule has 0 unspecified atom stereocenters. The molecular weight excluding hydrogens is 462 g/mol. The molecule has 3 aromatic carbocycles. The van der Waals surface area contributed by atoms with E-state index in [2.05, 4.69) is 5.32 Å². The lowest BCUT2D eigenvalue weighted by molar-refractivity contribution is 0.0725. The van der Waals surface area contributed by atoms with E-state index < -0.39 is 10.0 Å². The lowest BCUT2D eigenvalue weighted by Crippen LogP contribution is -2.36. The van der Waals surface area contributed by atoms with Crippen LogP contribution in [0.3, 0.4) is 0 Å². The van der Waals surface area contributed by atoms with E-state index >= 15 is 0 Å². The first-order valence-corrected chi connectivity index (χ1v) is 13.2. The molecule has 180 valence electrons. The van der Waals surface area contributed by atoms with Crippen molar-refractivity contribution < 1.29 is 18.0 Å². The fraction of sp³-hybridized carbons (Fsp3) is 0.259. The van der Waals surface area contributed by atoms with Gasteiger partial charge in [-0.2, -0.15) is 0 Å². The van der Waals surface area contributed by atoms with E-state index in [9.17, 15) is 18.0 Å². The number of carbonyl (C=O) groups excluding carboxylic acids is 2. The van der Waals surface area contributed by atoms with Crippen molar-refractivity contribution in [2.75, 3.05) is 29.8 Å². The third-order valence-electron chi connectivity index (χ3n) is 6.74. The van der Waals surface area contributed by atoms with Crippen LogP contribution in [0.2, 0.25) is 0 Å². The summed E-state index contributed by atoms with van der Waals surface area (Å²) in [5.74, 6) is -0.439. The maximum Gasteiger partial charge on any atom is 0.264 e. The van der Waals surface area contributed by atoms with Gasteiger partial charge in [0.1, 0.15) is 0 Å². The van der Waals surface area contributed by atoms with Crippen molar-refractivity contribution in [3.05, 3.63) is 77.4 Å². The highest BCUT2D eigenvalue weighted by atomic mass is 32.2. The molecule has 1 fully saturated rings. The van der Waals surface area contributed by atoms with Crippen LogP contribution in [-0.4, -0.2) is 45.3 Å². The van der Waals surface area contributed by atoms with Gasteiger partial charge in [0.05, 0.1) is 21.8 Å². The molecule has 0 aliphatic carbocycles. The maximum atomic E-state index is 13.4. The Labute approximate surface area is 205 Å². The van der Waals surface area contributed by atoms with Gasteiger partial charge in [-0.25, -0.2) is 8.42 Å². The van der Waals surface area contributed by atoms with Crippen LogP contribution in [0, 0.1) is 6.92 Å². The van der Waals surface area contributed by atoms with Crippen LogP contribution in [0.4, 0.5) is 11.4 Å². The zero-order valence-electron chi connectivity index (χ0n) is 19.7. The number of anilines is 2. The molecule has 0 bridgehead atoms. The number of aryl methyl sites for hydroxylation is 1. The number of amides is 2. The van der Waals surface area contributed by atoms with Crippen molar-refractivity contribution >= 4 is 33.2 Å². The second-order valence-electron chi connectivity index (χ2n) is 9.01. The number of carbonyl (C=O) groups is 2. The summed E-state index contributed by atoms with van der Waals surface area (Å²) >= 11 is 0. The molecule has 0 saturated carbocycles. The number of likely N-dealkylation sites (tertiary alicyclic amines) is 1. The van der Waals surface area contributed by atoms with Gasteiger partial charge in [-0.1, -0.05) is 30.3 Å². The lowest BCUT2D eigenvalue weighted by Gasteiger charge is -2.31. The van der Waals surface area contributed by atoms with Crippen molar-refractivity contribution in [1.82, 2.24) is 4.90 Å². The number of benzene rings is 3. The molecule has 0 atom stereocenters. The molecule has 3 aromatic rings. The first kappa shape index (κ1) is 23.1. The highest BCUT2D eigenvalue weighted by molar-refractivity contribution is 7.93. The Hall–Kier alpha value is -3.65. The predicted octanol–water partition coefficient (Wildman–Crippen LogP) is 4.68. The van der Waals surface area contributed by atoms with E-state index in [1.54, 1.807) is 67.6 Å². The van der Waals surface area contributed by atoms with Crippen LogP contribution in [0.15, 0.2) is 65.6 Å². The molecule has 0 spiro atoms. The molecule has 5 rings (SSSR count). The van der Waals surface area contributed by atoms with E-state index in [-0.39, 0.29) is 16.7 Å². The molecule has 8 heteroatoms. The van der Waals surface area contributed by atoms with Gasteiger partial charge in [0.2, 0.25) is 0 Å². The summed E-state index contributed by atoms with van der Waals surface area (Å²) in [5.41, 5.74) is 3.80. The number of hydrogen-bond acceptors (Lipinski definition) is 4. The topological polar surface area (TPSA) is 86.8 Å². The molecule has 0 aromatic heterocycles. The highest BCUT2D eigenvalue weighted by Gasteiger charge is 2.34. The molecule has 2 heterocycles. The number of nitrogens with one attached hydrogen (secondary N) is 1. The molecule has 1 N–H and O–H groups in total. The number of hydrogen-bond donors (Lipinski definition) is 1. The minimum absolute atomic E-state index is 0.0806. The quantitative estimate of drug-likeness (QED) is 0.579. The summed E-state index contributed by atoms with van der Waals surface area (Å²) < 4.78 is 27.3. The molecule has 2 aliphatic rings. The van der Waals surface area contributed by atoms with E-state index in [1.807, 2.05) is 4.90 Å². The van der Waals surface area contributed by atoms with E-state index in [0.29, 0.717) is 39.2 Å². The van der Waals surface area contributed by atoms with Crippen LogP contribution in [0.25, 0.3) is 11.1 Å². The van der Waals surface area contributed by atoms with Gasteiger partial charge in [-0.05, 0) is 62.1 Å². The fourth-order valence-corrected chi connectivity index (χ4v) is 6.44. The second-order valence-corrected chi connectivity index (χ2v) is 10.9. The van der Waals surface area contributed by atoms with E-state index in [4.69, 9.17) is 0 Å². The maximum absolute atomic E-state index is 13.4. The van der Waals surface area contributed by atoms with Gasteiger partial charge in [0.15, 0.2) is 0 Å². The smallest absolute Gasteiger partial charge is 0.264 e. The van der Waals surface area contributed by atoms with Crippen molar-refractivity contribution in [2.24, 2.45) is 0 Å². The minimum Gasteiger partial charge on any atom is -0.339 e. The summed E-state index contributed by atoms with van der Waals surface area (Å²) in [5, 5.41) is 2.91. The predicted molar refractivity (Wildman–Crippen MR) is 136 cm³/mol. The first-order valence-electron chi connectivity index (χ1n) is 11.7. The van der Waals surface area contributed by atoms with Crippen molar-refractivity contribution in [1.29, 1.82) is 0 Å². The zero-order valence-corrected chi connectivity index (χ0v) is 20.6. The van der Waals surface area contributed by atoms with Crippen molar-refractivity contribution in [3.8, 4) is 11.1 Å². The standard InChI is InChI=1S/C27H27N3O4S/c1-18-16-19(17-22-20-10-5-7-13-24(20)35(33,34)29(2)25(18)22)26(31)28-23-12-6-4-11-21(23)27(32)30-14-8-3-9-15-30/h4-7,10-13,16-17H,3,8-9,14-15H2,1-2H3,(H,28,31). The van der Waals surface area contributed by atoms with E-state index in [1.165, 1.54) is 11.4 Å². The lowest BCUT2D eigenvalue weighted by atomic mass is 9.96. The first-order chi connectivity index (χ1) is 16.8. The van der Waals surface area contributed by atoms with Gasteiger partial charge < -0.3 is 10.2 Å². The summed E-state index contributed by atoms with van der Waals surface area (Å²) in [6.45, 7) is 3.24. The zero-order chi connectivity index (χ0) is 24.7. The number of rotatable bonds is 3. The van der Waals surface area contributed by atoms with Crippen LogP contribution in [-0.2, 0) is 10.0 Å². The molecule has 1 saturated heterocycles. The number of fused-ring (bicyclic) bond motifs is 3. The summed E-state index contributed by atoms with van der Waals surface area (Å²) in [4.78, 5) is 28.5. The monoisotopic (exact) mass is 489 g/mol. The largest absolute Gasteiger partial charge is 0.339 e. The summed E-state index contributed by atoms with van der Waals surface area (Å²) in [6, 6.07) is 17.3. The van der Waals surface area contributed by atoms with Crippen LogP contribution >= 0.6 is 0 Å². The van der Waals surface area contributed by atoms with Gasteiger partial charge >= 0.3 is 0 Å². The van der Waals surface area contributed by atoms with Crippen LogP contribution in [0.5, 0.6) is 0 Å². The molecule has 7 nitrogen and oxygen atoms in total. The Bertz CT molecular complexity index is 1440. The molecule has 2 aliphatic heterocycles. The normalized spacial score (nSPS) is 16.3. The Kier molecular flexibility index (Phi) is 5.84. The number of para-hydroxylation sites is 1. The third-order valence-corrected chi connectivity index (χ3v) is 8.56. The Morgan fingerprint density at radius 1 is 0.886 bits per heavy atom. The Morgan fingerprint density at radius 2 is 1.57 bits per heavy atom. The van der Waals surface area contributed by atoms with Crippen LogP contribution < -0.4 is 9.62 Å². The van der Waals surface area contributed by atoms with Gasteiger partial charge in [0.25, 0.3) is 21.8 Å². The van der Waals surface area contributed by atoms with Gasteiger partial charge in [-0.3, -0.25) is 13.9 Å². The molecular formula is C27H27N3O4S. The van der Waals surface area contributed by atoms with Crippen molar-refractivity contribution in [3.63, 3.8) is 0 Å². The number of sulfonamides is 1. The van der Waals surface area contributed by atoms with Crippen molar-refractivity contribution in [2.45, 2.75) is 31.1 Å². The minimum atomic E-state index is -3.67. The molecule has 35 heavy (non-hydrogen) atoms. The Balaban J connectivity index is 1.51. The molecule has 0 radical (unpaired) electrons. The summed E-state index contributed by atoms with van der Waals surface area (Å²) in [7, 11) is -2.15. The highest BCUT2D eigenvalue weighted by Crippen LogP contribution is 2.44. The Morgan fingerprint density at radius 3 is 2.34 bits per heavy atom. The summed E-state index contributed by atoms with van der Waals surface area (Å²) in [6.07, 6.45) is 3.10. The van der Waals surface area contributed by atoms with Crippen LogP contribution in [0.1, 0.15) is 45.5 Å².